The van der Waals surface area contributed by atoms with Crippen LogP contribution in [-0.4, -0.2) is 9.13 Å². The molecular formula is C140H94N4. The van der Waals surface area contributed by atoms with Crippen molar-refractivity contribution in [2.45, 2.75) is 24.7 Å². The van der Waals surface area contributed by atoms with Gasteiger partial charge in [-0.25, -0.2) is 0 Å². The Morgan fingerprint density at radius 3 is 0.736 bits per heavy atom. The lowest BCUT2D eigenvalue weighted by molar-refractivity contribution is 0.660. The molecule has 0 radical (unpaired) electrons. The van der Waals surface area contributed by atoms with Gasteiger partial charge < -0.3 is 18.9 Å². The second-order valence-electron chi connectivity index (χ2n) is 39.1. The monoisotopic (exact) mass is 1830 g/mol. The number of hydrogen-bond acceptors (Lipinski definition) is 2. The molecule has 0 unspecified atom stereocenters. The average molecular weight is 1830 g/mol. The van der Waals surface area contributed by atoms with E-state index in [9.17, 15) is 0 Å². The van der Waals surface area contributed by atoms with Gasteiger partial charge in [0.05, 0.1) is 27.5 Å². The standard InChI is InChI=1S/C75H48N2.C65H46N2/c1-3-19-50(20-4-1)73-62-27-7-9-29-64(62)74(65-30-10-8-28-63(65)73)51-37-42-55(43-38-51)76(53-21-5-2-6-22-53)54-40-35-49(36-41-54)52-39-46-72-66(47-52)61-26-14-18-34-71(61)77(72)56-44-45-60-59-25-13-17-33-69(59)75(70(60)48-56)67-31-15-11-23-57(67)58-24-12-16-32-68(58)75;1-65(2)59-27-15-13-21-51(59)52-39-38-50(42-60(52)65)67-61-28-16-14-22-53(61)58-41-46(33-40-62(58)67)43-29-34-48(35-30-43)66(47-19-7-4-8-20-47)49-36-31-45(32-37-49)64-56-25-11-9-23-54(56)63(44-17-5-3-6-18-44)55-24-10-12-26-57(55)64/h1-48H;3-42H,1-2H3. The van der Waals surface area contributed by atoms with Crippen molar-refractivity contribution in [1.29, 1.82) is 0 Å². The summed E-state index contributed by atoms with van der Waals surface area (Å²) in [5.41, 5.74) is 44.1. The van der Waals surface area contributed by atoms with Crippen LogP contribution in [0.2, 0.25) is 0 Å². The zero-order chi connectivity index (χ0) is 95.2. The zero-order valence-corrected chi connectivity index (χ0v) is 79.6. The molecule has 3 aliphatic carbocycles. The van der Waals surface area contributed by atoms with Crippen LogP contribution in [0, 0.1) is 0 Å². The molecule has 0 atom stereocenters. The summed E-state index contributed by atoms with van der Waals surface area (Å²) in [4.78, 5) is 4.72. The lowest BCUT2D eigenvalue weighted by atomic mass is 9.70. The summed E-state index contributed by atoms with van der Waals surface area (Å²) >= 11 is 0. The summed E-state index contributed by atoms with van der Waals surface area (Å²) in [5.74, 6) is 0. The van der Waals surface area contributed by atoms with Crippen molar-refractivity contribution in [3.8, 4) is 112 Å². The Morgan fingerprint density at radius 1 is 0.153 bits per heavy atom. The highest BCUT2D eigenvalue weighted by molar-refractivity contribution is 6.24. The van der Waals surface area contributed by atoms with E-state index in [0.717, 1.165) is 39.8 Å². The highest BCUT2D eigenvalue weighted by Gasteiger charge is 2.52. The van der Waals surface area contributed by atoms with Crippen molar-refractivity contribution in [3.63, 3.8) is 0 Å². The normalized spacial score (nSPS) is 12.8. The summed E-state index contributed by atoms with van der Waals surface area (Å²) < 4.78 is 4.93. The van der Waals surface area contributed by atoms with Crippen molar-refractivity contribution in [2.24, 2.45) is 0 Å². The molecule has 0 amide bonds. The molecule has 2 heterocycles. The highest BCUT2D eigenvalue weighted by Crippen LogP contribution is 2.64. The first-order chi connectivity index (χ1) is 71.2. The van der Waals surface area contributed by atoms with Gasteiger partial charge in [-0.3, -0.25) is 0 Å². The summed E-state index contributed by atoms with van der Waals surface area (Å²) in [6.45, 7) is 4.71. The number of aromatic nitrogens is 2. The number of benzene rings is 24. The fourth-order valence-electron chi connectivity index (χ4n) is 24.8. The molecule has 4 nitrogen and oxygen atoms in total. The molecule has 144 heavy (non-hydrogen) atoms. The van der Waals surface area contributed by atoms with E-state index in [1.807, 2.05) is 0 Å². The Bertz CT molecular complexity index is 9450. The van der Waals surface area contributed by atoms with Crippen LogP contribution < -0.4 is 9.80 Å². The molecule has 3 aliphatic rings. The van der Waals surface area contributed by atoms with Crippen LogP contribution in [-0.2, 0) is 10.8 Å². The van der Waals surface area contributed by atoms with E-state index < -0.39 is 5.41 Å². The molecule has 1 spiro atoms. The molecule has 2 aromatic heterocycles. The number of rotatable bonds is 14. The number of nitrogens with zero attached hydrogens (tertiary/aromatic N) is 4. The zero-order valence-electron chi connectivity index (χ0n) is 79.6. The molecule has 0 bridgehead atoms. The molecular weight excluding hydrogens is 1740 g/mol. The van der Waals surface area contributed by atoms with Crippen LogP contribution >= 0.6 is 0 Å². The molecule has 26 aromatic rings. The van der Waals surface area contributed by atoms with Crippen LogP contribution in [0.4, 0.5) is 34.1 Å². The predicted octanol–water partition coefficient (Wildman–Crippen LogP) is 37.8. The van der Waals surface area contributed by atoms with Crippen LogP contribution in [0.15, 0.2) is 534 Å². The Morgan fingerprint density at radius 2 is 0.389 bits per heavy atom. The van der Waals surface area contributed by atoms with E-state index in [2.05, 4.69) is 567 Å². The summed E-state index contributed by atoms with van der Waals surface area (Å²) in [6, 6.07) is 197. The van der Waals surface area contributed by atoms with Gasteiger partial charge in [0.25, 0.3) is 0 Å². The first kappa shape index (κ1) is 83.7. The third-order valence-electron chi connectivity index (χ3n) is 31.2. The van der Waals surface area contributed by atoms with Gasteiger partial charge in [-0.15, -0.1) is 0 Å². The van der Waals surface area contributed by atoms with Gasteiger partial charge in [0, 0.05) is 72.5 Å². The maximum absolute atomic E-state index is 2.49. The molecule has 0 saturated heterocycles. The lowest BCUT2D eigenvalue weighted by Gasteiger charge is -2.30. The third-order valence-corrected chi connectivity index (χ3v) is 31.2. The van der Waals surface area contributed by atoms with E-state index in [4.69, 9.17) is 0 Å². The molecule has 29 rings (SSSR count). The van der Waals surface area contributed by atoms with Crippen molar-refractivity contribution in [1.82, 2.24) is 9.13 Å². The molecule has 0 saturated carbocycles. The largest absolute Gasteiger partial charge is 0.311 e. The van der Waals surface area contributed by atoms with Gasteiger partial charge in [0.2, 0.25) is 0 Å². The Labute approximate surface area is 837 Å². The van der Waals surface area contributed by atoms with E-state index in [-0.39, 0.29) is 5.41 Å². The van der Waals surface area contributed by atoms with Gasteiger partial charge in [-0.2, -0.15) is 0 Å². The summed E-state index contributed by atoms with van der Waals surface area (Å²) in [7, 11) is 0. The first-order valence-electron chi connectivity index (χ1n) is 50.1. The highest BCUT2D eigenvalue weighted by atomic mass is 15.1. The van der Waals surface area contributed by atoms with Crippen LogP contribution in [0.25, 0.3) is 198 Å². The fourth-order valence-corrected chi connectivity index (χ4v) is 24.8. The van der Waals surface area contributed by atoms with Gasteiger partial charge in [-0.05, 0) is 310 Å². The van der Waals surface area contributed by atoms with Gasteiger partial charge in [0.15, 0.2) is 0 Å². The van der Waals surface area contributed by atoms with Crippen molar-refractivity contribution in [2.75, 3.05) is 9.80 Å². The van der Waals surface area contributed by atoms with Crippen LogP contribution in [0.5, 0.6) is 0 Å². The topological polar surface area (TPSA) is 16.3 Å². The average Bonchev–Trinajstić information content (AvgIpc) is 1.50. The molecule has 0 fully saturated rings. The molecule has 24 aromatic carbocycles. The lowest BCUT2D eigenvalue weighted by Crippen LogP contribution is -2.26. The molecule has 4 heteroatoms. The number of hydrogen-bond donors (Lipinski definition) is 0. The van der Waals surface area contributed by atoms with Gasteiger partial charge in [0.1, 0.15) is 0 Å². The maximum Gasteiger partial charge on any atom is 0.0726 e. The summed E-state index contributed by atoms with van der Waals surface area (Å²) in [6.07, 6.45) is 0. The smallest absolute Gasteiger partial charge is 0.0726 e. The minimum absolute atomic E-state index is 0.0693. The minimum Gasteiger partial charge on any atom is -0.311 e. The number of para-hydroxylation sites is 4. The van der Waals surface area contributed by atoms with Crippen LogP contribution in [0.3, 0.4) is 0 Å². The Kier molecular flexibility index (Phi) is 19.6. The molecule has 674 valence electrons. The fraction of sp³-hybridized carbons (Fsp3) is 0.0286. The van der Waals surface area contributed by atoms with Crippen LogP contribution in [0.1, 0.15) is 47.2 Å². The van der Waals surface area contributed by atoms with E-state index in [0.29, 0.717) is 0 Å². The van der Waals surface area contributed by atoms with E-state index >= 15 is 0 Å². The van der Waals surface area contributed by atoms with Crippen molar-refractivity contribution in [3.05, 3.63) is 567 Å². The van der Waals surface area contributed by atoms with E-state index in [1.54, 1.807) is 0 Å². The van der Waals surface area contributed by atoms with Gasteiger partial charge >= 0.3 is 0 Å². The Hall–Kier alpha value is -18.5. The second kappa shape index (κ2) is 33.7. The van der Waals surface area contributed by atoms with Crippen molar-refractivity contribution >= 4 is 121 Å². The van der Waals surface area contributed by atoms with Gasteiger partial charge in [-0.1, -0.05) is 414 Å². The predicted molar refractivity (Wildman–Crippen MR) is 607 cm³/mol. The number of anilines is 6. The third kappa shape index (κ3) is 13.1. The molecule has 0 aliphatic heterocycles. The molecule has 0 N–H and O–H groups in total. The summed E-state index contributed by atoms with van der Waals surface area (Å²) in [5, 5.41) is 15.0. The second-order valence-corrected chi connectivity index (χ2v) is 39.1. The quantitative estimate of drug-likeness (QED) is 0.101. The number of fused-ring (bicyclic) bond motifs is 23. The first-order valence-corrected chi connectivity index (χ1v) is 50.1. The van der Waals surface area contributed by atoms with E-state index in [1.165, 1.54) is 226 Å². The Balaban J connectivity index is 0.000000141. The van der Waals surface area contributed by atoms with Crippen molar-refractivity contribution < 1.29 is 0 Å². The minimum atomic E-state index is -0.409. The SMILES string of the molecule is CC1(C)c2ccccc2-c2ccc(-n3c4ccccc4c4cc(-c5ccc(N(c6ccccc6)c6ccc(-c7c8ccccc8c(-c8ccccc8)c8ccccc78)cc6)cc5)ccc43)cc21.c1ccc(-c2c3ccccc3c(-c3ccc(N(c4ccccc4)c4ccc(-c5ccc6c(c5)c5ccccc5n6-c5ccc6c(c5)C5(c7ccccc7-c7ccccc75)c5ccccc5-6)cc4)cc3)c3ccccc23)cc1. The maximum atomic E-state index is 2.49.